The highest BCUT2D eigenvalue weighted by atomic mass is 32.1. The molecule has 1 aliphatic heterocycles. The predicted octanol–water partition coefficient (Wildman–Crippen LogP) is 1.42. The number of piperidine rings is 1. The van der Waals surface area contributed by atoms with E-state index in [1.165, 1.54) is 0 Å². The van der Waals surface area contributed by atoms with Crippen molar-refractivity contribution in [3.05, 3.63) is 22.4 Å². The van der Waals surface area contributed by atoms with Gasteiger partial charge in [0.15, 0.2) is 0 Å². The molecule has 1 fully saturated rings. The monoisotopic (exact) mass is 282 g/mol. The van der Waals surface area contributed by atoms with Crippen molar-refractivity contribution in [2.75, 3.05) is 33.4 Å². The van der Waals surface area contributed by atoms with Crippen LogP contribution in [0, 0.1) is 5.41 Å². The molecule has 0 bridgehead atoms. The maximum atomic E-state index is 11.9. The summed E-state index contributed by atoms with van der Waals surface area (Å²) in [5.74, 6) is 0.108. The molecule has 0 atom stereocenters. The Labute approximate surface area is 118 Å². The van der Waals surface area contributed by atoms with Gasteiger partial charge in [0.05, 0.1) is 13.0 Å². The summed E-state index contributed by atoms with van der Waals surface area (Å²) in [6, 6.07) is 3.98. The van der Waals surface area contributed by atoms with Gasteiger partial charge in [0, 0.05) is 23.9 Å². The molecule has 0 saturated carbocycles. The van der Waals surface area contributed by atoms with E-state index in [2.05, 4.69) is 10.6 Å². The van der Waals surface area contributed by atoms with Gasteiger partial charge in [0.1, 0.15) is 0 Å². The van der Waals surface area contributed by atoms with E-state index in [4.69, 9.17) is 4.74 Å². The molecule has 2 heterocycles. The van der Waals surface area contributed by atoms with E-state index in [-0.39, 0.29) is 11.3 Å². The van der Waals surface area contributed by atoms with E-state index in [1.807, 2.05) is 17.5 Å². The second-order valence-electron chi connectivity index (χ2n) is 5.22. The van der Waals surface area contributed by atoms with Crippen molar-refractivity contribution < 1.29 is 9.53 Å². The van der Waals surface area contributed by atoms with Crippen molar-refractivity contribution in [3.8, 4) is 0 Å². The molecule has 1 aromatic heterocycles. The summed E-state index contributed by atoms with van der Waals surface area (Å²) < 4.78 is 5.35. The van der Waals surface area contributed by atoms with Crippen molar-refractivity contribution in [1.82, 2.24) is 10.6 Å². The second-order valence-corrected chi connectivity index (χ2v) is 6.25. The summed E-state index contributed by atoms with van der Waals surface area (Å²) in [4.78, 5) is 13.1. The number of rotatable bonds is 6. The number of thiophene rings is 1. The molecule has 1 amide bonds. The first kappa shape index (κ1) is 14.5. The minimum atomic E-state index is 0.102. The third-order valence-electron chi connectivity index (χ3n) is 3.69. The lowest BCUT2D eigenvalue weighted by atomic mass is 9.79. The molecular formula is C14H22N2O2S. The molecule has 5 heteroatoms. The maximum Gasteiger partial charge on any atom is 0.225 e. The Morgan fingerprint density at radius 3 is 2.95 bits per heavy atom. The van der Waals surface area contributed by atoms with E-state index in [1.54, 1.807) is 18.4 Å². The highest BCUT2D eigenvalue weighted by Gasteiger charge is 2.32. The van der Waals surface area contributed by atoms with Crippen molar-refractivity contribution >= 4 is 17.2 Å². The van der Waals surface area contributed by atoms with E-state index in [0.29, 0.717) is 19.6 Å². The van der Waals surface area contributed by atoms with Gasteiger partial charge in [-0.15, -0.1) is 11.3 Å². The molecule has 0 unspecified atom stereocenters. The van der Waals surface area contributed by atoms with Crippen LogP contribution in [0.4, 0.5) is 0 Å². The van der Waals surface area contributed by atoms with Crippen LogP contribution in [-0.2, 0) is 16.0 Å². The summed E-state index contributed by atoms with van der Waals surface area (Å²) in [5.41, 5.74) is 0.102. The summed E-state index contributed by atoms with van der Waals surface area (Å²) in [5, 5.41) is 8.43. The summed E-state index contributed by atoms with van der Waals surface area (Å²) in [6.07, 6.45) is 2.60. The number of carbonyl (C=O) groups excluding carboxylic acids is 1. The predicted molar refractivity (Wildman–Crippen MR) is 77.4 cm³/mol. The van der Waals surface area contributed by atoms with E-state index in [0.717, 1.165) is 30.8 Å². The SMILES string of the molecule is COCC1(CNC(=O)Cc2cccs2)CCNCC1. The molecule has 2 rings (SSSR count). The van der Waals surface area contributed by atoms with E-state index < -0.39 is 0 Å². The van der Waals surface area contributed by atoms with E-state index in [9.17, 15) is 4.79 Å². The van der Waals surface area contributed by atoms with Crippen molar-refractivity contribution in [1.29, 1.82) is 0 Å². The van der Waals surface area contributed by atoms with Crippen LogP contribution in [0.3, 0.4) is 0 Å². The Morgan fingerprint density at radius 1 is 1.53 bits per heavy atom. The van der Waals surface area contributed by atoms with Gasteiger partial charge in [0.2, 0.25) is 5.91 Å². The Bertz CT molecular complexity index is 381. The molecule has 1 saturated heterocycles. The first-order valence-electron chi connectivity index (χ1n) is 6.73. The number of amides is 1. The Balaban J connectivity index is 1.82. The maximum absolute atomic E-state index is 11.9. The lowest BCUT2D eigenvalue weighted by molar-refractivity contribution is -0.121. The molecule has 0 spiro atoms. The molecule has 19 heavy (non-hydrogen) atoms. The molecule has 2 N–H and O–H groups in total. The quantitative estimate of drug-likeness (QED) is 0.830. The van der Waals surface area contributed by atoms with E-state index >= 15 is 0 Å². The number of nitrogens with one attached hydrogen (secondary N) is 2. The van der Waals surface area contributed by atoms with Crippen molar-refractivity contribution in [2.45, 2.75) is 19.3 Å². The van der Waals surface area contributed by atoms with Gasteiger partial charge in [0.25, 0.3) is 0 Å². The first-order chi connectivity index (χ1) is 9.24. The van der Waals surface area contributed by atoms with Crippen LogP contribution in [0.1, 0.15) is 17.7 Å². The average molecular weight is 282 g/mol. The molecule has 106 valence electrons. The standard InChI is InChI=1S/C14H22N2O2S/c1-18-11-14(4-6-15-7-5-14)10-16-13(17)9-12-3-2-8-19-12/h2-3,8,15H,4-7,9-11H2,1H3,(H,16,17). The number of ether oxygens (including phenoxy) is 1. The molecule has 4 nitrogen and oxygen atoms in total. The van der Waals surface area contributed by atoms with Crippen molar-refractivity contribution in [3.63, 3.8) is 0 Å². The lowest BCUT2D eigenvalue weighted by Crippen LogP contribution is -2.47. The van der Waals surface area contributed by atoms with Crippen LogP contribution in [0.5, 0.6) is 0 Å². The van der Waals surface area contributed by atoms with Crippen LogP contribution in [-0.4, -0.2) is 39.3 Å². The summed E-state index contributed by atoms with van der Waals surface area (Å²) >= 11 is 1.63. The zero-order chi connectivity index (χ0) is 13.6. The van der Waals surface area contributed by atoms with Crippen molar-refractivity contribution in [2.24, 2.45) is 5.41 Å². The zero-order valence-corrected chi connectivity index (χ0v) is 12.2. The molecule has 1 aromatic rings. The fourth-order valence-electron chi connectivity index (χ4n) is 2.56. The minimum absolute atomic E-state index is 0.102. The van der Waals surface area contributed by atoms with Gasteiger partial charge in [-0.25, -0.2) is 0 Å². The average Bonchev–Trinajstić information content (AvgIpc) is 2.91. The zero-order valence-electron chi connectivity index (χ0n) is 11.4. The Kier molecular flexibility index (Phi) is 5.36. The lowest BCUT2D eigenvalue weighted by Gasteiger charge is -2.37. The number of hydrogen-bond donors (Lipinski definition) is 2. The number of carbonyl (C=O) groups is 1. The van der Waals surface area contributed by atoms with Crippen LogP contribution >= 0.6 is 11.3 Å². The molecule has 0 radical (unpaired) electrons. The Hall–Kier alpha value is -0.910. The van der Waals surface area contributed by atoms with Gasteiger partial charge >= 0.3 is 0 Å². The number of methoxy groups -OCH3 is 1. The van der Waals surface area contributed by atoms with Gasteiger partial charge in [-0.1, -0.05) is 6.07 Å². The van der Waals surface area contributed by atoms with Crippen LogP contribution < -0.4 is 10.6 Å². The summed E-state index contributed by atoms with van der Waals surface area (Å²) in [7, 11) is 1.73. The highest BCUT2D eigenvalue weighted by Crippen LogP contribution is 2.28. The molecular weight excluding hydrogens is 260 g/mol. The summed E-state index contributed by atoms with van der Waals surface area (Å²) in [6.45, 7) is 3.44. The smallest absolute Gasteiger partial charge is 0.225 e. The molecule has 0 aliphatic carbocycles. The van der Waals surface area contributed by atoms with Gasteiger partial charge in [-0.3, -0.25) is 4.79 Å². The fourth-order valence-corrected chi connectivity index (χ4v) is 3.26. The minimum Gasteiger partial charge on any atom is -0.384 e. The molecule has 1 aliphatic rings. The Morgan fingerprint density at radius 2 is 2.32 bits per heavy atom. The van der Waals surface area contributed by atoms with Crippen LogP contribution in [0.15, 0.2) is 17.5 Å². The van der Waals surface area contributed by atoms with Crippen LogP contribution in [0.25, 0.3) is 0 Å². The second kappa shape index (κ2) is 7.03. The normalized spacial score (nSPS) is 18.2. The van der Waals surface area contributed by atoms with Gasteiger partial charge in [-0.2, -0.15) is 0 Å². The third kappa shape index (κ3) is 4.30. The topological polar surface area (TPSA) is 50.4 Å². The van der Waals surface area contributed by atoms with Gasteiger partial charge < -0.3 is 15.4 Å². The first-order valence-corrected chi connectivity index (χ1v) is 7.61. The third-order valence-corrected chi connectivity index (χ3v) is 4.57. The molecule has 0 aromatic carbocycles. The van der Waals surface area contributed by atoms with Crippen LogP contribution in [0.2, 0.25) is 0 Å². The number of hydrogen-bond acceptors (Lipinski definition) is 4. The largest absolute Gasteiger partial charge is 0.384 e. The van der Waals surface area contributed by atoms with Gasteiger partial charge in [-0.05, 0) is 37.4 Å². The highest BCUT2D eigenvalue weighted by molar-refractivity contribution is 7.10. The fraction of sp³-hybridized carbons (Fsp3) is 0.643.